The van der Waals surface area contributed by atoms with Crippen LogP contribution in [-0.2, 0) is 13.6 Å². The van der Waals surface area contributed by atoms with Gasteiger partial charge in [0.2, 0.25) is 11.9 Å². The number of aryl methyl sites for hydroxylation is 1. The van der Waals surface area contributed by atoms with Crippen molar-refractivity contribution in [1.82, 2.24) is 9.55 Å². The van der Waals surface area contributed by atoms with Gasteiger partial charge in [-0.05, 0) is 29.8 Å². The van der Waals surface area contributed by atoms with Gasteiger partial charge in [-0.3, -0.25) is 4.79 Å². The Morgan fingerprint density at radius 1 is 1.26 bits per heavy atom. The highest BCUT2D eigenvalue weighted by atomic mass is 16.5. The summed E-state index contributed by atoms with van der Waals surface area (Å²) in [5.74, 6) is 1.13. The van der Waals surface area contributed by atoms with Crippen molar-refractivity contribution in [2.45, 2.75) is 6.54 Å². The van der Waals surface area contributed by atoms with E-state index in [2.05, 4.69) is 10.3 Å². The van der Waals surface area contributed by atoms with Gasteiger partial charge in [-0.25, -0.2) is 4.98 Å². The van der Waals surface area contributed by atoms with E-state index in [1.54, 1.807) is 19.2 Å². The number of anilines is 1. The zero-order valence-electron chi connectivity index (χ0n) is 13.0. The van der Waals surface area contributed by atoms with Crippen molar-refractivity contribution in [3.05, 3.63) is 53.6 Å². The SMILES string of the molecule is COc1ccc2c(c1)nc(NCc1ccc(C(N)=O)cc1)n2C. The number of nitrogens with two attached hydrogens (primary N) is 1. The fourth-order valence-corrected chi connectivity index (χ4v) is 2.43. The maximum atomic E-state index is 11.1. The number of carbonyl (C=O) groups excluding carboxylic acids is 1. The van der Waals surface area contributed by atoms with Crippen LogP contribution in [0.15, 0.2) is 42.5 Å². The third-order valence-corrected chi connectivity index (χ3v) is 3.78. The van der Waals surface area contributed by atoms with Gasteiger partial charge in [0.05, 0.1) is 18.1 Å². The zero-order chi connectivity index (χ0) is 16.4. The minimum atomic E-state index is -0.422. The third-order valence-electron chi connectivity index (χ3n) is 3.78. The zero-order valence-corrected chi connectivity index (χ0v) is 13.0. The first-order chi connectivity index (χ1) is 11.1. The van der Waals surface area contributed by atoms with E-state index in [0.717, 1.165) is 28.3 Å². The van der Waals surface area contributed by atoms with Gasteiger partial charge in [-0.1, -0.05) is 12.1 Å². The number of methoxy groups -OCH3 is 1. The molecular weight excluding hydrogens is 292 g/mol. The number of rotatable bonds is 5. The van der Waals surface area contributed by atoms with Crippen molar-refractivity contribution >= 4 is 22.9 Å². The molecule has 3 rings (SSSR count). The molecule has 1 aromatic heterocycles. The van der Waals surface area contributed by atoms with Gasteiger partial charge in [-0.2, -0.15) is 0 Å². The third kappa shape index (κ3) is 2.96. The van der Waals surface area contributed by atoms with Crippen LogP contribution in [0.5, 0.6) is 5.75 Å². The van der Waals surface area contributed by atoms with E-state index in [1.165, 1.54) is 0 Å². The van der Waals surface area contributed by atoms with Gasteiger partial charge in [-0.15, -0.1) is 0 Å². The molecule has 0 radical (unpaired) electrons. The summed E-state index contributed by atoms with van der Waals surface area (Å²) in [6.45, 7) is 0.605. The second-order valence-corrected chi connectivity index (χ2v) is 5.26. The van der Waals surface area contributed by atoms with Gasteiger partial charge >= 0.3 is 0 Å². The normalized spacial score (nSPS) is 10.7. The van der Waals surface area contributed by atoms with Crippen molar-refractivity contribution in [2.24, 2.45) is 12.8 Å². The number of carbonyl (C=O) groups is 1. The summed E-state index contributed by atoms with van der Waals surface area (Å²) in [6.07, 6.45) is 0. The highest BCUT2D eigenvalue weighted by Crippen LogP contribution is 2.23. The number of amides is 1. The maximum absolute atomic E-state index is 11.1. The Labute approximate surface area is 133 Å². The molecule has 2 aromatic carbocycles. The van der Waals surface area contributed by atoms with Crippen LogP contribution in [0.2, 0.25) is 0 Å². The highest BCUT2D eigenvalue weighted by molar-refractivity contribution is 5.92. The van der Waals surface area contributed by atoms with Crippen LogP contribution in [0.4, 0.5) is 5.95 Å². The molecule has 1 heterocycles. The smallest absolute Gasteiger partial charge is 0.248 e. The molecule has 0 unspecified atom stereocenters. The Balaban J connectivity index is 1.78. The molecule has 0 atom stereocenters. The van der Waals surface area contributed by atoms with Crippen molar-refractivity contribution in [3.8, 4) is 5.75 Å². The van der Waals surface area contributed by atoms with Crippen LogP contribution in [0.25, 0.3) is 11.0 Å². The molecule has 0 spiro atoms. The van der Waals surface area contributed by atoms with Crippen molar-refractivity contribution in [1.29, 1.82) is 0 Å². The highest BCUT2D eigenvalue weighted by Gasteiger charge is 2.08. The molecule has 0 aliphatic rings. The Bertz CT molecular complexity index is 853. The molecule has 3 N–H and O–H groups in total. The van der Waals surface area contributed by atoms with E-state index in [0.29, 0.717) is 12.1 Å². The van der Waals surface area contributed by atoms with Gasteiger partial charge < -0.3 is 20.4 Å². The number of primary amides is 1. The fourth-order valence-electron chi connectivity index (χ4n) is 2.43. The lowest BCUT2D eigenvalue weighted by Crippen LogP contribution is -2.11. The summed E-state index contributed by atoms with van der Waals surface area (Å²) in [5.41, 5.74) is 8.68. The first-order valence-electron chi connectivity index (χ1n) is 7.21. The topological polar surface area (TPSA) is 82.2 Å². The molecule has 0 saturated heterocycles. The molecule has 23 heavy (non-hydrogen) atoms. The van der Waals surface area contributed by atoms with Crippen molar-refractivity contribution in [2.75, 3.05) is 12.4 Å². The molecule has 0 saturated carbocycles. The number of aromatic nitrogens is 2. The lowest BCUT2D eigenvalue weighted by Gasteiger charge is -2.07. The van der Waals surface area contributed by atoms with E-state index in [-0.39, 0.29) is 0 Å². The number of hydrogen-bond donors (Lipinski definition) is 2. The second kappa shape index (κ2) is 6.00. The van der Waals surface area contributed by atoms with Gasteiger partial charge in [0.15, 0.2) is 0 Å². The molecule has 0 bridgehead atoms. The lowest BCUT2D eigenvalue weighted by atomic mass is 10.1. The summed E-state index contributed by atoms with van der Waals surface area (Å²) in [5, 5.41) is 3.30. The largest absolute Gasteiger partial charge is 0.497 e. The van der Waals surface area contributed by atoms with Crippen molar-refractivity contribution in [3.63, 3.8) is 0 Å². The van der Waals surface area contributed by atoms with E-state index in [1.807, 2.05) is 41.9 Å². The summed E-state index contributed by atoms with van der Waals surface area (Å²) < 4.78 is 7.22. The number of ether oxygens (including phenoxy) is 1. The Kier molecular flexibility index (Phi) is 3.89. The van der Waals surface area contributed by atoms with E-state index < -0.39 is 5.91 Å². The van der Waals surface area contributed by atoms with Gasteiger partial charge in [0.25, 0.3) is 0 Å². The summed E-state index contributed by atoms with van der Waals surface area (Å²) in [7, 11) is 3.60. The molecule has 1 amide bonds. The number of hydrogen-bond acceptors (Lipinski definition) is 4. The standard InChI is InChI=1S/C17H18N4O2/c1-21-15-8-7-13(23-2)9-14(15)20-17(21)19-10-11-3-5-12(6-4-11)16(18)22/h3-9H,10H2,1-2H3,(H2,18,22)(H,19,20). The van der Waals surface area contributed by atoms with E-state index in [4.69, 9.17) is 10.5 Å². The predicted octanol–water partition coefficient (Wildman–Crippen LogP) is 2.29. The minimum Gasteiger partial charge on any atom is -0.497 e. The average molecular weight is 310 g/mol. The molecule has 0 fully saturated rings. The first-order valence-corrected chi connectivity index (χ1v) is 7.21. The summed E-state index contributed by atoms with van der Waals surface area (Å²) in [4.78, 5) is 15.7. The first kappa shape index (κ1) is 14.9. The van der Waals surface area contributed by atoms with Crippen LogP contribution in [0, 0.1) is 0 Å². The Hall–Kier alpha value is -3.02. The average Bonchev–Trinajstić information content (AvgIpc) is 2.88. The fraction of sp³-hybridized carbons (Fsp3) is 0.176. The quantitative estimate of drug-likeness (QED) is 0.757. The summed E-state index contributed by atoms with van der Waals surface area (Å²) >= 11 is 0. The van der Waals surface area contributed by atoms with Crippen LogP contribution < -0.4 is 15.8 Å². The number of nitrogens with zero attached hydrogens (tertiary/aromatic N) is 2. The van der Waals surface area contributed by atoms with Crippen LogP contribution in [0.3, 0.4) is 0 Å². The molecule has 6 nitrogen and oxygen atoms in total. The van der Waals surface area contributed by atoms with Gasteiger partial charge in [0, 0.05) is 25.2 Å². The molecule has 0 aliphatic heterocycles. The molecule has 3 aromatic rings. The summed E-state index contributed by atoms with van der Waals surface area (Å²) in [6, 6.07) is 13.0. The number of imidazole rings is 1. The molecule has 118 valence electrons. The predicted molar refractivity (Wildman–Crippen MR) is 89.6 cm³/mol. The van der Waals surface area contributed by atoms with Crippen molar-refractivity contribution < 1.29 is 9.53 Å². The molecule has 0 aliphatic carbocycles. The number of nitrogens with one attached hydrogen (secondary N) is 1. The second-order valence-electron chi connectivity index (χ2n) is 5.26. The lowest BCUT2D eigenvalue weighted by molar-refractivity contribution is 0.100. The molecular formula is C17H18N4O2. The van der Waals surface area contributed by atoms with Crippen LogP contribution in [-0.4, -0.2) is 22.6 Å². The maximum Gasteiger partial charge on any atom is 0.248 e. The van der Waals surface area contributed by atoms with Crippen LogP contribution in [0.1, 0.15) is 15.9 Å². The number of benzene rings is 2. The number of fused-ring (bicyclic) bond motifs is 1. The minimum absolute atomic E-state index is 0.422. The molecule has 6 heteroatoms. The van der Waals surface area contributed by atoms with Crippen LogP contribution >= 0.6 is 0 Å². The Morgan fingerprint density at radius 3 is 2.65 bits per heavy atom. The van der Waals surface area contributed by atoms with Gasteiger partial charge in [0.1, 0.15) is 5.75 Å². The van der Waals surface area contributed by atoms with E-state index in [9.17, 15) is 4.79 Å². The Morgan fingerprint density at radius 2 is 2.00 bits per heavy atom. The monoisotopic (exact) mass is 310 g/mol. The van der Waals surface area contributed by atoms with E-state index >= 15 is 0 Å².